The molecule has 0 fully saturated rings. The second-order valence-corrected chi connectivity index (χ2v) is 3.24. The lowest BCUT2D eigenvalue weighted by molar-refractivity contribution is 0.0839. The van der Waals surface area contributed by atoms with Crippen molar-refractivity contribution < 1.29 is 5.11 Å². The van der Waals surface area contributed by atoms with Gasteiger partial charge in [0.1, 0.15) is 0 Å². The molecule has 11 heavy (non-hydrogen) atoms. The highest BCUT2D eigenvalue weighted by atomic mass is 16.3. The molecule has 1 nitrogen and oxygen atoms in total. The summed E-state index contributed by atoms with van der Waals surface area (Å²) in [6.07, 6.45) is 10.8. The first-order valence-corrected chi connectivity index (χ1v) is 4.28. The molecule has 1 heteroatoms. The van der Waals surface area contributed by atoms with Crippen molar-refractivity contribution in [1.82, 2.24) is 0 Å². The summed E-state index contributed by atoms with van der Waals surface area (Å²) in [7, 11) is 0. The monoisotopic (exact) mass is 152 g/mol. The highest BCUT2D eigenvalue weighted by Crippen LogP contribution is 2.24. The van der Waals surface area contributed by atoms with Crippen molar-refractivity contribution in [2.75, 3.05) is 0 Å². The average molecular weight is 152 g/mol. The maximum atomic E-state index is 9.89. The van der Waals surface area contributed by atoms with Crippen molar-refractivity contribution in [1.29, 1.82) is 0 Å². The van der Waals surface area contributed by atoms with Crippen molar-refractivity contribution in [3.63, 3.8) is 0 Å². The predicted molar refractivity (Wildman–Crippen MR) is 47.4 cm³/mol. The molecule has 0 aliphatic heterocycles. The fourth-order valence-electron chi connectivity index (χ4n) is 1.50. The Morgan fingerprint density at radius 1 is 1.55 bits per heavy atom. The molecule has 0 aromatic rings. The van der Waals surface area contributed by atoms with Crippen LogP contribution in [-0.2, 0) is 0 Å². The second-order valence-electron chi connectivity index (χ2n) is 3.24. The van der Waals surface area contributed by atoms with E-state index < -0.39 is 5.60 Å². The van der Waals surface area contributed by atoms with Gasteiger partial charge in [0, 0.05) is 0 Å². The summed E-state index contributed by atoms with van der Waals surface area (Å²) in [4.78, 5) is 0. The molecule has 0 saturated carbocycles. The molecule has 1 rings (SSSR count). The van der Waals surface area contributed by atoms with Crippen LogP contribution in [0, 0.1) is 0 Å². The summed E-state index contributed by atoms with van der Waals surface area (Å²) < 4.78 is 0. The Morgan fingerprint density at radius 3 is 3.09 bits per heavy atom. The van der Waals surface area contributed by atoms with Crippen molar-refractivity contribution in [2.45, 2.75) is 37.7 Å². The number of allylic oxidation sites excluding steroid dienone is 1. The summed E-state index contributed by atoms with van der Waals surface area (Å²) in [5.41, 5.74) is -0.585. The van der Waals surface area contributed by atoms with Crippen molar-refractivity contribution in [2.24, 2.45) is 0 Å². The lowest BCUT2D eigenvalue weighted by atomic mass is 9.94. The zero-order valence-corrected chi connectivity index (χ0v) is 6.92. The molecule has 62 valence electrons. The predicted octanol–water partition coefficient (Wildman–Crippen LogP) is 2.42. The molecule has 0 aromatic carbocycles. The number of aliphatic hydroxyl groups is 1. The zero-order valence-electron chi connectivity index (χ0n) is 6.92. The van der Waals surface area contributed by atoms with E-state index in [-0.39, 0.29) is 0 Å². The minimum absolute atomic E-state index is 0.585. The summed E-state index contributed by atoms with van der Waals surface area (Å²) in [5.74, 6) is 0. The lowest BCUT2D eigenvalue weighted by Gasteiger charge is -2.21. The maximum absolute atomic E-state index is 9.89. The Bertz CT molecular complexity index is 160. The molecule has 1 N–H and O–H groups in total. The quantitative estimate of drug-likeness (QED) is 0.602. The van der Waals surface area contributed by atoms with Gasteiger partial charge in [-0.3, -0.25) is 0 Å². The molecule has 0 aromatic heterocycles. The first kappa shape index (κ1) is 8.54. The zero-order chi connectivity index (χ0) is 8.16. The Morgan fingerprint density at radius 2 is 2.36 bits per heavy atom. The van der Waals surface area contributed by atoms with Crippen molar-refractivity contribution in [3.8, 4) is 0 Å². The molecular weight excluding hydrogens is 136 g/mol. The van der Waals surface area contributed by atoms with Crippen LogP contribution in [0.15, 0.2) is 24.8 Å². The molecule has 1 aliphatic carbocycles. The molecule has 0 radical (unpaired) electrons. The Hall–Kier alpha value is -0.560. The van der Waals surface area contributed by atoms with E-state index in [1.807, 2.05) is 6.08 Å². The van der Waals surface area contributed by atoms with E-state index in [1.165, 1.54) is 6.42 Å². The van der Waals surface area contributed by atoms with Gasteiger partial charge < -0.3 is 5.11 Å². The first-order chi connectivity index (χ1) is 5.27. The smallest absolute Gasteiger partial charge is 0.0861 e. The summed E-state index contributed by atoms with van der Waals surface area (Å²) >= 11 is 0. The highest BCUT2D eigenvalue weighted by Gasteiger charge is 2.21. The van der Waals surface area contributed by atoms with Crippen molar-refractivity contribution >= 4 is 0 Å². The van der Waals surface area contributed by atoms with E-state index in [2.05, 4.69) is 12.7 Å². The van der Waals surface area contributed by atoms with Gasteiger partial charge in [-0.05, 0) is 32.1 Å². The molecule has 1 unspecified atom stereocenters. The molecule has 0 spiro atoms. The van der Waals surface area contributed by atoms with Crippen LogP contribution < -0.4 is 0 Å². The van der Waals surface area contributed by atoms with Crippen LogP contribution in [0.3, 0.4) is 0 Å². The SMILES string of the molecule is C=CCC1(O)C=CCCCC1. The van der Waals surface area contributed by atoms with Gasteiger partial charge in [-0.1, -0.05) is 18.2 Å². The average Bonchev–Trinajstić information content (AvgIpc) is 2.15. The van der Waals surface area contributed by atoms with E-state index in [9.17, 15) is 5.11 Å². The fourth-order valence-corrected chi connectivity index (χ4v) is 1.50. The van der Waals surface area contributed by atoms with E-state index in [0.29, 0.717) is 6.42 Å². The molecule has 1 atom stereocenters. The number of hydrogen-bond acceptors (Lipinski definition) is 1. The fraction of sp³-hybridized carbons (Fsp3) is 0.600. The van der Waals surface area contributed by atoms with Crippen LogP contribution in [0.4, 0.5) is 0 Å². The van der Waals surface area contributed by atoms with Crippen LogP contribution >= 0.6 is 0 Å². The normalized spacial score (nSPS) is 31.4. The molecule has 0 amide bonds. The van der Waals surface area contributed by atoms with Crippen molar-refractivity contribution in [3.05, 3.63) is 24.8 Å². The van der Waals surface area contributed by atoms with Crippen LogP contribution in [-0.4, -0.2) is 10.7 Å². The van der Waals surface area contributed by atoms with Gasteiger partial charge in [0.2, 0.25) is 0 Å². The van der Waals surface area contributed by atoms with Gasteiger partial charge in [0.05, 0.1) is 5.60 Å². The van der Waals surface area contributed by atoms with Crippen LogP contribution in [0.1, 0.15) is 32.1 Å². The third-order valence-corrected chi connectivity index (χ3v) is 2.16. The third kappa shape index (κ3) is 2.51. The molecule has 0 saturated heterocycles. The third-order valence-electron chi connectivity index (χ3n) is 2.16. The standard InChI is InChI=1S/C10H16O/c1-2-7-10(11)8-5-3-4-6-9-10/h2,5,8,11H,1,3-4,6-7,9H2. The number of rotatable bonds is 2. The molecule has 0 heterocycles. The largest absolute Gasteiger partial charge is 0.385 e. The van der Waals surface area contributed by atoms with Gasteiger partial charge in [0.25, 0.3) is 0 Å². The minimum Gasteiger partial charge on any atom is -0.385 e. The highest BCUT2D eigenvalue weighted by molar-refractivity contribution is 5.05. The maximum Gasteiger partial charge on any atom is 0.0861 e. The molecule has 0 bridgehead atoms. The van der Waals surface area contributed by atoms with Gasteiger partial charge in [-0.15, -0.1) is 6.58 Å². The first-order valence-electron chi connectivity index (χ1n) is 4.28. The Labute approximate surface area is 68.4 Å². The van der Waals surface area contributed by atoms with Crippen LogP contribution in [0.2, 0.25) is 0 Å². The summed E-state index contributed by atoms with van der Waals surface area (Å²) in [5, 5.41) is 9.89. The molecule has 1 aliphatic rings. The molecular formula is C10H16O. The Balaban J connectivity index is 2.57. The van der Waals surface area contributed by atoms with E-state index in [0.717, 1.165) is 19.3 Å². The van der Waals surface area contributed by atoms with Gasteiger partial charge >= 0.3 is 0 Å². The van der Waals surface area contributed by atoms with Crippen LogP contribution in [0.5, 0.6) is 0 Å². The van der Waals surface area contributed by atoms with Gasteiger partial charge in [-0.25, -0.2) is 0 Å². The van der Waals surface area contributed by atoms with E-state index >= 15 is 0 Å². The van der Waals surface area contributed by atoms with Crippen LogP contribution in [0.25, 0.3) is 0 Å². The van der Waals surface area contributed by atoms with E-state index in [1.54, 1.807) is 6.08 Å². The minimum atomic E-state index is -0.585. The summed E-state index contributed by atoms with van der Waals surface area (Å²) in [6, 6.07) is 0. The van der Waals surface area contributed by atoms with E-state index in [4.69, 9.17) is 0 Å². The Kier molecular flexibility index (Phi) is 2.89. The second kappa shape index (κ2) is 3.72. The lowest BCUT2D eigenvalue weighted by Crippen LogP contribution is -2.23. The van der Waals surface area contributed by atoms with Gasteiger partial charge in [0.15, 0.2) is 0 Å². The number of hydrogen-bond donors (Lipinski definition) is 1. The topological polar surface area (TPSA) is 20.2 Å². The van der Waals surface area contributed by atoms with Gasteiger partial charge in [-0.2, -0.15) is 0 Å². The summed E-state index contributed by atoms with van der Waals surface area (Å²) in [6.45, 7) is 3.64.